The lowest BCUT2D eigenvalue weighted by Gasteiger charge is -2.16. The molecule has 2 rings (SSSR count). The zero-order valence-electron chi connectivity index (χ0n) is 16.9. The van der Waals surface area contributed by atoms with Crippen molar-refractivity contribution < 1.29 is 9.53 Å². The number of carbonyl (C=O) groups excluding carboxylic acids is 1. The van der Waals surface area contributed by atoms with Crippen LogP contribution in [0, 0.1) is 13.8 Å². The Hall–Kier alpha value is -1.27. The Kier molecular flexibility index (Phi) is 10.9. The molecule has 7 nitrogen and oxygen atoms in total. The van der Waals surface area contributed by atoms with Crippen molar-refractivity contribution >= 4 is 58.6 Å². The van der Waals surface area contributed by atoms with Gasteiger partial charge >= 0.3 is 5.97 Å². The van der Waals surface area contributed by atoms with Crippen molar-refractivity contribution in [2.45, 2.75) is 46.6 Å². The van der Waals surface area contributed by atoms with Gasteiger partial charge in [0.25, 0.3) is 0 Å². The van der Waals surface area contributed by atoms with E-state index in [1.165, 1.54) is 11.3 Å². The summed E-state index contributed by atoms with van der Waals surface area (Å²) in [4.78, 5) is 25.8. The van der Waals surface area contributed by atoms with Gasteiger partial charge in [-0.2, -0.15) is 0 Å². The Balaban J connectivity index is 0.00000392. The lowest BCUT2D eigenvalue weighted by Crippen LogP contribution is -2.39. The van der Waals surface area contributed by atoms with Crippen LogP contribution in [0.15, 0.2) is 10.4 Å². The Morgan fingerprint density at radius 3 is 2.71 bits per heavy atom. The number of rotatable bonds is 8. The molecule has 0 aliphatic carbocycles. The second kappa shape index (κ2) is 12.3. The first-order chi connectivity index (χ1) is 12.9. The number of aryl methyl sites for hydroxylation is 3. The first-order valence-electron chi connectivity index (χ1n) is 8.97. The molecule has 0 aliphatic rings. The quantitative estimate of drug-likeness (QED) is 0.175. The number of thiazole rings is 2. The maximum atomic E-state index is 12.0. The van der Waals surface area contributed by atoms with E-state index in [-0.39, 0.29) is 36.0 Å². The number of carbonyl (C=O) groups is 1. The molecule has 0 saturated carbocycles. The van der Waals surface area contributed by atoms with Crippen LogP contribution in [0.2, 0.25) is 0 Å². The summed E-state index contributed by atoms with van der Waals surface area (Å²) in [7, 11) is 1.74. The predicted octanol–water partition coefficient (Wildman–Crippen LogP) is 3.87. The van der Waals surface area contributed by atoms with Crippen LogP contribution < -0.4 is 10.6 Å². The van der Waals surface area contributed by atoms with Gasteiger partial charge in [-0.05, 0) is 34.1 Å². The van der Waals surface area contributed by atoms with Crippen LogP contribution in [0.1, 0.15) is 57.4 Å². The SMILES string of the molecule is CCOC(=O)c1sc(C(C)NC(=NC)NCCCc2nc(C)cs2)nc1C.I. The smallest absolute Gasteiger partial charge is 0.350 e. The van der Waals surface area contributed by atoms with Crippen LogP contribution in [-0.2, 0) is 11.2 Å². The fraction of sp³-hybridized carbons (Fsp3) is 0.556. The summed E-state index contributed by atoms with van der Waals surface area (Å²) in [5.41, 5.74) is 1.78. The van der Waals surface area contributed by atoms with Gasteiger partial charge in [-0.1, -0.05) is 0 Å². The van der Waals surface area contributed by atoms with Gasteiger partial charge in [0.15, 0.2) is 5.96 Å². The largest absolute Gasteiger partial charge is 0.462 e. The molecule has 0 saturated heterocycles. The summed E-state index contributed by atoms with van der Waals surface area (Å²) in [6.45, 7) is 8.79. The molecular weight excluding hydrogens is 509 g/mol. The maximum absolute atomic E-state index is 12.0. The van der Waals surface area contributed by atoms with Gasteiger partial charge < -0.3 is 15.4 Å². The second-order valence-corrected chi connectivity index (χ2v) is 8.01. The zero-order valence-corrected chi connectivity index (χ0v) is 20.8. The number of guanidine groups is 1. The van der Waals surface area contributed by atoms with E-state index in [4.69, 9.17) is 4.74 Å². The van der Waals surface area contributed by atoms with Crippen LogP contribution in [0.25, 0.3) is 0 Å². The minimum Gasteiger partial charge on any atom is -0.462 e. The molecular formula is C18H28IN5O2S2. The van der Waals surface area contributed by atoms with Crippen molar-refractivity contribution in [2.75, 3.05) is 20.2 Å². The minimum atomic E-state index is -0.314. The highest BCUT2D eigenvalue weighted by atomic mass is 127. The number of halogens is 1. The van der Waals surface area contributed by atoms with Crippen LogP contribution >= 0.6 is 46.7 Å². The third-order valence-corrected chi connectivity index (χ3v) is 6.09. The average molecular weight is 537 g/mol. The third kappa shape index (κ3) is 7.28. The molecule has 2 heterocycles. The van der Waals surface area contributed by atoms with Crippen LogP contribution in [0.3, 0.4) is 0 Å². The van der Waals surface area contributed by atoms with Crippen molar-refractivity contribution in [3.05, 3.63) is 31.7 Å². The summed E-state index contributed by atoms with van der Waals surface area (Å²) in [5.74, 6) is 0.397. The first-order valence-corrected chi connectivity index (χ1v) is 10.7. The van der Waals surface area contributed by atoms with Gasteiger partial charge in [-0.15, -0.1) is 46.7 Å². The molecule has 0 fully saturated rings. The number of aromatic nitrogens is 2. The van der Waals surface area contributed by atoms with E-state index in [2.05, 4.69) is 31.0 Å². The fourth-order valence-corrected chi connectivity index (χ4v) is 4.20. The van der Waals surface area contributed by atoms with Crippen molar-refractivity contribution in [1.82, 2.24) is 20.6 Å². The number of ether oxygens (including phenoxy) is 1. The number of hydrogen-bond acceptors (Lipinski definition) is 7. The topological polar surface area (TPSA) is 88.5 Å². The number of hydrogen-bond donors (Lipinski definition) is 2. The number of esters is 1. The molecule has 0 aliphatic heterocycles. The Morgan fingerprint density at radius 1 is 1.36 bits per heavy atom. The summed E-state index contributed by atoms with van der Waals surface area (Å²) in [6, 6.07) is -0.0651. The lowest BCUT2D eigenvalue weighted by atomic mass is 10.3. The molecule has 0 bridgehead atoms. The molecule has 10 heteroatoms. The molecule has 156 valence electrons. The van der Waals surface area contributed by atoms with Gasteiger partial charge in [0.2, 0.25) is 0 Å². The molecule has 2 aromatic heterocycles. The molecule has 1 unspecified atom stereocenters. The third-order valence-electron chi connectivity index (χ3n) is 3.75. The highest BCUT2D eigenvalue weighted by Crippen LogP contribution is 2.24. The van der Waals surface area contributed by atoms with Gasteiger partial charge in [-0.3, -0.25) is 4.99 Å². The minimum absolute atomic E-state index is 0. The summed E-state index contributed by atoms with van der Waals surface area (Å²) >= 11 is 3.06. The van der Waals surface area contributed by atoms with E-state index < -0.39 is 0 Å². The van der Waals surface area contributed by atoms with E-state index in [0.29, 0.717) is 23.1 Å². The summed E-state index contributed by atoms with van der Waals surface area (Å²) in [6.07, 6.45) is 1.93. The monoisotopic (exact) mass is 537 g/mol. The standard InChI is InChI=1S/C18H27N5O2S2.HI/c1-6-25-17(24)15-12(3)22-16(27-15)13(4)23-18(19-5)20-9-7-8-14-21-11(2)10-26-14;/h10,13H,6-9H2,1-5H3,(H2,19,20,23);1H. The zero-order chi connectivity index (χ0) is 19.8. The molecule has 0 spiro atoms. The highest BCUT2D eigenvalue weighted by molar-refractivity contribution is 14.0. The van der Waals surface area contributed by atoms with Crippen LogP contribution in [0.5, 0.6) is 0 Å². The summed E-state index contributed by atoms with van der Waals surface area (Å²) < 4.78 is 5.08. The van der Waals surface area contributed by atoms with E-state index in [9.17, 15) is 4.79 Å². The van der Waals surface area contributed by atoms with Crippen molar-refractivity contribution in [2.24, 2.45) is 4.99 Å². The maximum Gasteiger partial charge on any atom is 0.350 e. The van der Waals surface area contributed by atoms with Crippen LogP contribution in [0.4, 0.5) is 0 Å². The van der Waals surface area contributed by atoms with Crippen molar-refractivity contribution in [3.8, 4) is 0 Å². The fourth-order valence-electron chi connectivity index (χ4n) is 2.41. The average Bonchev–Trinajstić information content (AvgIpc) is 3.23. The van der Waals surface area contributed by atoms with Crippen molar-refractivity contribution in [1.29, 1.82) is 0 Å². The van der Waals surface area contributed by atoms with E-state index in [1.807, 2.05) is 20.8 Å². The number of aliphatic imine (C=N–C) groups is 1. The normalized spacial score (nSPS) is 12.2. The van der Waals surface area contributed by atoms with Gasteiger partial charge in [-0.25, -0.2) is 14.8 Å². The molecule has 0 radical (unpaired) electrons. The molecule has 28 heavy (non-hydrogen) atoms. The molecule has 2 N–H and O–H groups in total. The van der Waals surface area contributed by atoms with E-state index >= 15 is 0 Å². The molecule has 1 atom stereocenters. The highest BCUT2D eigenvalue weighted by Gasteiger charge is 2.20. The van der Waals surface area contributed by atoms with E-state index in [0.717, 1.165) is 35.1 Å². The van der Waals surface area contributed by atoms with Gasteiger partial charge in [0.05, 0.1) is 23.4 Å². The van der Waals surface area contributed by atoms with Crippen molar-refractivity contribution in [3.63, 3.8) is 0 Å². The Bertz CT molecular complexity index is 791. The number of nitrogens with zero attached hydrogens (tertiary/aromatic N) is 3. The Labute approximate surface area is 191 Å². The lowest BCUT2D eigenvalue weighted by molar-refractivity contribution is 0.0531. The van der Waals surface area contributed by atoms with Gasteiger partial charge in [0.1, 0.15) is 9.88 Å². The molecule has 2 aromatic rings. The van der Waals surface area contributed by atoms with Crippen LogP contribution in [-0.4, -0.2) is 42.1 Å². The predicted molar refractivity (Wildman–Crippen MR) is 126 cm³/mol. The summed E-state index contributed by atoms with van der Waals surface area (Å²) in [5, 5.41) is 10.7. The molecule has 0 aromatic carbocycles. The van der Waals surface area contributed by atoms with Gasteiger partial charge in [0, 0.05) is 31.1 Å². The Morgan fingerprint density at radius 2 is 2.11 bits per heavy atom. The number of nitrogens with one attached hydrogen (secondary N) is 2. The second-order valence-electron chi connectivity index (χ2n) is 6.04. The molecule has 0 amide bonds. The first kappa shape index (κ1) is 24.8. The van der Waals surface area contributed by atoms with E-state index in [1.54, 1.807) is 25.3 Å².